The molecule has 0 saturated carbocycles. The summed E-state index contributed by atoms with van der Waals surface area (Å²) in [5.74, 6) is 0.425. The average molecular weight is 242 g/mol. The van der Waals surface area contributed by atoms with Crippen molar-refractivity contribution in [1.82, 2.24) is 9.80 Å². The van der Waals surface area contributed by atoms with Crippen LogP contribution in [0, 0.1) is 5.92 Å². The first-order valence-corrected chi connectivity index (χ1v) is 6.77. The fraction of sp³-hybridized carbons (Fsp3) is 0.923. The lowest BCUT2D eigenvalue weighted by Gasteiger charge is -2.30. The van der Waals surface area contributed by atoms with Gasteiger partial charge in [0.05, 0.1) is 13.2 Å². The minimum Gasteiger partial charge on any atom is -0.378 e. The number of carbonyl (C=O) groups excluding carboxylic acids is 1. The van der Waals surface area contributed by atoms with Crippen LogP contribution in [0.4, 0.5) is 0 Å². The molecule has 1 unspecified atom stereocenters. The summed E-state index contributed by atoms with van der Waals surface area (Å²) in [5, 5.41) is 0. The van der Waals surface area contributed by atoms with Gasteiger partial charge in [-0.25, -0.2) is 0 Å². The van der Waals surface area contributed by atoms with Gasteiger partial charge in [0, 0.05) is 19.0 Å². The number of rotatable bonds is 6. The quantitative estimate of drug-likeness (QED) is 0.702. The van der Waals surface area contributed by atoms with Crippen molar-refractivity contribution in [1.29, 1.82) is 0 Å². The average Bonchev–Trinajstić information content (AvgIpc) is 2.39. The third-order valence-electron chi connectivity index (χ3n) is 3.52. The monoisotopic (exact) mass is 242 g/mol. The molecule has 0 spiro atoms. The smallest absolute Gasteiger partial charge is 0.225 e. The maximum Gasteiger partial charge on any atom is 0.225 e. The van der Waals surface area contributed by atoms with Crippen molar-refractivity contribution in [3.8, 4) is 0 Å². The first-order valence-electron chi connectivity index (χ1n) is 6.77. The maximum absolute atomic E-state index is 12.1. The standard InChI is InChI=1S/C13H26N2O2/c1-4-14(5-2)7-6-12(3)13(16)15-8-10-17-11-9-15/h12H,4-11H2,1-3H3. The van der Waals surface area contributed by atoms with Crippen LogP contribution in [0.5, 0.6) is 0 Å². The van der Waals surface area contributed by atoms with Crippen molar-refractivity contribution in [2.24, 2.45) is 5.92 Å². The van der Waals surface area contributed by atoms with Crippen molar-refractivity contribution in [2.45, 2.75) is 27.2 Å². The molecule has 0 radical (unpaired) electrons. The normalized spacial score (nSPS) is 18.5. The Morgan fingerprint density at radius 3 is 2.41 bits per heavy atom. The van der Waals surface area contributed by atoms with Crippen molar-refractivity contribution >= 4 is 5.91 Å². The van der Waals surface area contributed by atoms with Gasteiger partial charge in [0.2, 0.25) is 5.91 Å². The highest BCUT2D eigenvalue weighted by Gasteiger charge is 2.22. The first kappa shape index (κ1) is 14.5. The predicted octanol–water partition coefficient (Wildman–Crippen LogP) is 1.21. The van der Waals surface area contributed by atoms with E-state index < -0.39 is 0 Å². The van der Waals surface area contributed by atoms with E-state index in [1.54, 1.807) is 0 Å². The largest absolute Gasteiger partial charge is 0.378 e. The summed E-state index contributed by atoms with van der Waals surface area (Å²) >= 11 is 0. The van der Waals surface area contributed by atoms with E-state index in [0.717, 1.165) is 39.1 Å². The third-order valence-corrected chi connectivity index (χ3v) is 3.52. The minimum absolute atomic E-state index is 0.133. The molecule has 1 rings (SSSR count). The minimum atomic E-state index is 0.133. The highest BCUT2D eigenvalue weighted by Crippen LogP contribution is 2.10. The molecular weight excluding hydrogens is 216 g/mol. The van der Waals surface area contributed by atoms with E-state index in [4.69, 9.17) is 4.74 Å². The van der Waals surface area contributed by atoms with Crippen LogP contribution in [0.3, 0.4) is 0 Å². The van der Waals surface area contributed by atoms with E-state index in [9.17, 15) is 4.79 Å². The van der Waals surface area contributed by atoms with Crippen LogP contribution in [0.25, 0.3) is 0 Å². The summed E-state index contributed by atoms with van der Waals surface area (Å²) in [5.41, 5.74) is 0. The molecule has 4 heteroatoms. The summed E-state index contributed by atoms with van der Waals surface area (Å²) in [6, 6.07) is 0. The molecule has 0 bridgehead atoms. The highest BCUT2D eigenvalue weighted by molar-refractivity contribution is 5.78. The van der Waals surface area contributed by atoms with Gasteiger partial charge in [-0.15, -0.1) is 0 Å². The van der Waals surface area contributed by atoms with E-state index >= 15 is 0 Å². The van der Waals surface area contributed by atoms with Crippen LogP contribution < -0.4 is 0 Å². The zero-order valence-electron chi connectivity index (χ0n) is 11.4. The molecule has 1 saturated heterocycles. The third kappa shape index (κ3) is 4.64. The second kappa shape index (κ2) is 7.67. The van der Waals surface area contributed by atoms with E-state index in [-0.39, 0.29) is 5.92 Å². The fourth-order valence-electron chi connectivity index (χ4n) is 2.13. The van der Waals surface area contributed by atoms with Gasteiger partial charge in [0.1, 0.15) is 0 Å². The van der Waals surface area contributed by atoms with Gasteiger partial charge in [-0.05, 0) is 26.1 Å². The molecule has 17 heavy (non-hydrogen) atoms. The Hall–Kier alpha value is -0.610. The molecule has 1 amide bonds. The predicted molar refractivity (Wildman–Crippen MR) is 69.0 cm³/mol. The topological polar surface area (TPSA) is 32.8 Å². The Bertz CT molecular complexity index is 223. The summed E-state index contributed by atoms with van der Waals surface area (Å²) in [6.45, 7) is 12.4. The number of hydrogen-bond donors (Lipinski definition) is 0. The Morgan fingerprint density at radius 2 is 1.88 bits per heavy atom. The van der Waals surface area contributed by atoms with Gasteiger partial charge in [-0.3, -0.25) is 4.79 Å². The molecule has 0 N–H and O–H groups in total. The highest BCUT2D eigenvalue weighted by atomic mass is 16.5. The second-order valence-electron chi connectivity index (χ2n) is 4.65. The van der Waals surface area contributed by atoms with Gasteiger partial charge in [0.25, 0.3) is 0 Å². The zero-order valence-corrected chi connectivity index (χ0v) is 11.4. The Balaban J connectivity index is 2.30. The molecule has 0 aromatic carbocycles. The summed E-state index contributed by atoms with van der Waals surface area (Å²) in [6.07, 6.45) is 0.956. The lowest BCUT2D eigenvalue weighted by molar-refractivity contribution is -0.139. The van der Waals surface area contributed by atoms with Crippen LogP contribution in [-0.2, 0) is 9.53 Å². The summed E-state index contributed by atoms with van der Waals surface area (Å²) < 4.78 is 5.26. The Morgan fingerprint density at radius 1 is 1.29 bits per heavy atom. The molecule has 0 aliphatic carbocycles. The number of carbonyl (C=O) groups is 1. The SMILES string of the molecule is CCN(CC)CCC(C)C(=O)N1CCOCC1. The van der Waals surface area contributed by atoms with Crippen LogP contribution >= 0.6 is 0 Å². The lowest BCUT2D eigenvalue weighted by atomic mass is 10.1. The molecule has 1 aliphatic heterocycles. The van der Waals surface area contributed by atoms with Gasteiger partial charge in [0.15, 0.2) is 0 Å². The van der Waals surface area contributed by atoms with Crippen molar-refractivity contribution in [3.05, 3.63) is 0 Å². The Labute approximate surface area is 105 Å². The number of morpholine rings is 1. The molecule has 1 fully saturated rings. The van der Waals surface area contributed by atoms with E-state index in [1.807, 2.05) is 11.8 Å². The maximum atomic E-state index is 12.1. The van der Waals surface area contributed by atoms with Crippen LogP contribution in [-0.4, -0.2) is 61.6 Å². The molecule has 4 nitrogen and oxygen atoms in total. The molecule has 1 heterocycles. The molecular formula is C13H26N2O2. The molecule has 1 aliphatic rings. The van der Waals surface area contributed by atoms with Crippen molar-refractivity contribution in [2.75, 3.05) is 45.9 Å². The number of nitrogens with zero attached hydrogens (tertiary/aromatic N) is 2. The molecule has 0 aromatic rings. The van der Waals surface area contributed by atoms with Crippen LogP contribution in [0.15, 0.2) is 0 Å². The zero-order chi connectivity index (χ0) is 12.7. The lowest BCUT2D eigenvalue weighted by Crippen LogP contribution is -2.43. The van der Waals surface area contributed by atoms with Crippen LogP contribution in [0.1, 0.15) is 27.2 Å². The van der Waals surface area contributed by atoms with Gasteiger partial charge < -0.3 is 14.5 Å². The molecule has 100 valence electrons. The Kier molecular flexibility index (Phi) is 6.52. The summed E-state index contributed by atoms with van der Waals surface area (Å²) in [4.78, 5) is 16.4. The second-order valence-corrected chi connectivity index (χ2v) is 4.65. The van der Waals surface area contributed by atoms with Crippen molar-refractivity contribution < 1.29 is 9.53 Å². The van der Waals surface area contributed by atoms with E-state index in [2.05, 4.69) is 18.7 Å². The van der Waals surface area contributed by atoms with Gasteiger partial charge in [-0.1, -0.05) is 20.8 Å². The van der Waals surface area contributed by atoms with Crippen LogP contribution in [0.2, 0.25) is 0 Å². The fourth-order valence-corrected chi connectivity index (χ4v) is 2.13. The van der Waals surface area contributed by atoms with E-state index in [0.29, 0.717) is 19.1 Å². The van der Waals surface area contributed by atoms with Gasteiger partial charge in [-0.2, -0.15) is 0 Å². The molecule has 0 aromatic heterocycles. The first-order chi connectivity index (χ1) is 8.19. The van der Waals surface area contributed by atoms with Crippen molar-refractivity contribution in [3.63, 3.8) is 0 Å². The molecule has 1 atom stereocenters. The van der Waals surface area contributed by atoms with Gasteiger partial charge >= 0.3 is 0 Å². The van der Waals surface area contributed by atoms with E-state index in [1.165, 1.54) is 0 Å². The summed E-state index contributed by atoms with van der Waals surface area (Å²) in [7, 11) is 0. The number of ether oxygens (including phenoxy) is 1. The number of hydrogen-bond acceptors (Lipinski definition) is 3. The number of amides is 1.